The van der Waals surface area contributed by atoms with Gasteiger partial charge in [-0.1, -0.05) is 18.2 Å². The summed E-state index contributed by atoms with van der Waals surface area (Å²) in [5, 5.41) is 23.9. The number of nitro groups is 1. The lowest BCUT2D eigenvalue weighted by molar-refractivity contribution is -0.384. The number of carbonyl (C=O) groups is 1. The van der Waals surface area contributed by atoms with Crippen molar-refractivity contribution in [2.24, 2.45) is 0 Å². The first kappa shape index (κ1) is 17.4. The van der Waals surface area contributed by atoms with Gasteiger partial charge in [0, 0.05) is 29.8 Å². The Morgan fingerprint density at radius 3 is 2.71 bits per heavy atom. The van der Waals surface area contributed by atoms with E-state index in [0.717, 1.165) is 5.69 Å². The highest BCUT2D eigenvalue weighted by molar-refractivity contribution is 6.01. The standard InChI is InChI=1S/C20H15N5O3/c21-12-13-10-19(22-17-7-6-15(25(27)28)11-16(13)17)23-18-8-9-24(20(18)26)14-4-2-1-3-5-14/h1-7,10-11,18H,8-9H2,(H,22,23). The Kier molecular flexibility index (Phi) is 4.33. The summed E-state index contributed by atoms with van der Waals surface area (Å²) in [5.41, 5.74) is 1.46. The lowest BCUT2D eigenvalue weighted by Crippen LogP contribution is -2.33. The number of aromatic nitrogens is 1. The van der Waals surface area contributed by atoms with Crippen LogP contribution in [0.25, 0.3) is 10.9 Å². The molecular weight excluding hydrogens is 358 g/mol. The number of para-hydroxylation sites is 1. The van der Waals surface area contributed by atoms with Crippen molar-refractivity contribution < 1.29 is 9.72 Å². The molecule has 1 N–H and O–H groups in total. The summed E-state index contributed by atoms with van der Waals surface area (Å²) in [4.78, 5) is 29.3. The molecule has 1 amide bonds. The summed E-state index contributed by atoms with van der Waals surface area (Å²) < 4.78 is 0. The van der Waals surface area contributed by atoms with Gasteiger partial charge in [-0.2, -0.15) is 5.26 Å². The van der Waals surface area contributed by atoms with Gasteiger partial charge in [0.15, 0.2) is 0 Å². The zero-order valence-corrected chi connectivity index (χ0v) is 14.7. The van der Waals surface area contributed by atoms with Gasteiger partial charge in [0.05, 0.1) is 22.1 Å². The monoisotopic (exact) mass is 373 g/mol. The van der Waals surface area contributed by atoms with Gasteiger partial charge in [-0.15, -0.1) is 0 Å². The van der Waals surface area contributed by atoms with Crippen molar-refractivity contribution in [1.82, 2.24) is 4.98 Å². The Morgan fingerprint density at radius 1 is 1.21 bits per heavy atom. The molecule has 0 aliphatic carbocycles. The molecule has 2 heterocycles. The lowest BCUT2D eigenvalue weighted by atomic mass is 10.1. The van der Waals surface area contributed by atoms with Crippen LogP contribution in [-0.2, 0) is 4.79 Å². The third kappa shape index (κ3) is 3.10. The second kappa shape index (κ2) is 6.96. The first-order valence-electron chi connectivity index (χ1n) is 8.69. The third-order valence-corrected chi connectivity index (χ3v) is 4.72. The van der Waals surface area contributed by atoms with Gasteiger partial charge >= 0.3 is 0 Å². The number of hydrogen-bond donors (Lipinski definition) is 1. The quantitative estimate of drug-likeness (QED) is 0.555. The number of benzene rings is 2. The van der Waals surface area contributed by atoms with Gasteiger partial charge in [0.1, 0.15) is 11.9 Å². The predicted molar refractivity (Wildman–Crippen MR) is 104 cm³/mol. The third-order valence-electron chi connectivity index (χ3n) is 4.72. The predicted octanol–water partition coefficient (Wildman–Crippen LogP) is 3.23. The molecule has 2 aromatic carbocycles. The highest BCUT2D eigenvalue weighted by Gasteiger charge is 2.32. The summed E-state index contributed by atoms with van der Waals surface area (Å²) in [5.74, 6) is 0.335. The molecule has 0 saturated carbocycles. The molecule has 1 aliphatic rings. The van der Waals surface area contributed by atoms with Crippen molar-refractivity contribution in [3.05, 3.63) is 70.3 Å². The number of rotatable bonds is 4. The van der Waals surface area contributed by atoms with Crippen molar-refractivity contribution in [2.45, 2.75) is 12.5 Å². The van der Waals surface area contributed by atoms with E-state index in [1.165, 1.54) is 24.3 Å². The van der Waals surface area contributed by atoms with Gasteiger partial charge in [0.2, 0.25) is 5.91 Å². The maximum absolute atomic E-state index is 12.7. The van der Waals surface area contributed by atoms with Crippen molar-refractivity contribution in [1.29, 1.82) is 5.26 Å². The van der Waals surface area contributed by atoms with Crippen molar-refractivity contribution in [3.8, 4) is 6.07 Å². The highest BCUT2D eigenvalue weighted by Crippen LogP contribution is 2.27. The minimum Gasteiger partial charge on any atom is -0.358 e. The number of carbonyl (C=O) groups excluding carboxylic acids is 1. The number of non-ortho nitro benzene ring substituents is 1. The number of nitrogens with one attached hydrogen (secondary N) is 1. The zero-order chi connectivity index (χ0) is 19.7. The molecule has 1 atom stereocenters. The van der Waals surface area contributed by atoms with Gasteiger partial charge in [0.25, 0.3) is 5.69 Å². The molecule has 1 aromatic heterocycles. The summed E-state index contributed by atoms with van der Waals surface area (Å²) in [7, 11) is 0. The Labute approximate surface area is 160 Å². The largest absolute Gasteiger partial charge is 0.358 e. The number of nitrogens with zero attached hydrogens (tertiary/aromatic N) is 4. The number of pyridine rings is 1. The van der Waals surface area contributed by atoms with Crippen LogP contribution >= 0.6 is 0 Å². The van der Waals surface area contributed by atoms with Crippen LogP contribution in [0, 0.1) is 21.4 Å². The zero-order valence-electron chi connectivity index (χ0n) is 14.7. The number of fused-ring (bicyclic) bond motifs is 1. The summed E-state index contributed by atoms with van der Waals surface area (Å²) in [6.45, 7) is 0.589. The molecule has 1 saturated heterocycles. The summed E-state index contributed by atoms with van der Waals surface area (Å²) in [6.07, 6.45) is 0.607. The second-order valence-corrected chi connectivity index (χ2v) is 6.44. The Morgan fingerprint density at radius 2 is 2.00 bits per heavy atom. The van der Waals surface area contributed by atoms with Crippen LogP contribution in [-0.4, -0.2) is 28.4 Å². The van der Waals surface area contributed by atoms with Gasteiger partial charge < -0.3 is 10.2 Å². The van der Waals surface area contributed by atoms with E-state index in [1.54, 1.807) is 4.90 Å². The van der Waals surface area contributed by atoms with E-state index in [0.29, 0.717) is 29.7 Å². The van der Waals surface area contributed by atoms with Crippen molar-refractivity contribution >= 4 is 34.0 Å². The van der Waals surface area contributed by atoms with Crippen molar-refractivity contribution in [2.75, 3.05) is 16.8 Å². The average molecular weight is 373 g/mol. The molecule has 8 nitrogen and oxygen atoms in total. The van der Waals surface area contributed by atoms with E-state index in [4.69, 9.17) is 0 Å². The first-order valence-corrected chi connectivity index (χ1v) is 8.69. The van der Waals surface area contributed by atoms with E-state index < -0.39 is 11.0 Å². The topological polar surface area (TPSA) is 112 Å². The number of nitro benzene ring substituents is 1. The molecule has 4 rings (SSSR count). The van der Waals surface area contributed by atoms with Gasteiger partial charge in [-0.05, 0) is 30.7 Å². The molecule has 1 fully saturated rings. The average Bonchev–Trinajstić information content (AvgIpc) is 3.07. The van der Waals surface area contributed by atoms with E-state index in [9.17, 15) is 20.2 Å². The summed E-state index contributed by atoms with van der Waals surface area (Å²) >= 11 is 0. The molecule has 0 radical (unpaired) electrons. The Bertz CT molecular complexity index is 1120. The molecule has 138 valence electrons. The van der Waals surface area contributed by atoms with Gasteiger partial charge in [-0.25, -0.2) is 4.98 Å². The summed E-state index contributed by atoms with van der Waals surface area (Å²) in [6, 6.07) is 16.7. The maximum atomic E-state index is 12.7. The fourth-order valence-corrected chi connectivity index (χ4v) is 3.35. The normalized spacial score (nSPS) is 16.2. The first-order chi connectivity index (χ1) is 13.6. The smallest absolute Gasteiger partial charge is 0.270 e. The second-order valence-electron chi connectivity index (χ2n) is 6.44. The Balaban J connectivity index is 1.62. The minimum atomic E-state index is -0.512. The maximum Gasteiger partial charge on any atom is 0.270 e. The van der Waals surface area contributed by atoms with E-state index in [2.05, 4.69) is 10.3 Å². The van der Waals surface area contributed by atoms with Crippen LogP contribution in [0.4, 0.5) is 17.2 Å². The molecular formula is C20H15N5O3. The van der Waals surface area contributed by atoms with E-state index >= 15 is 0 Å². The van der Waals surface area contributed by atoms with E-state index in [-0.39, 0.29) is 17.2 Å². The van der Waals surface area contributed by atoms with Crippen LogP contribution in [0.1, 0.15) is 12.0 Å². The number of hydrogen-bond acceptors (Lipinski definition) is 6. The molecule has 28 heavy (non-hydrogen) atoms. The molecule has 0 bridgehead atoms. The highest BCUT2D eigenvalue weighted by atomic mass is 16.6. The SMILES string of the molecule is N#Cc1cc(NC2CCN(c3ccccc3)C2=O)nc2ccc([N+](=O)[O-])cc12. The van der Waals surface area contributed by atoms with Crippen LogP contribution in [0.2, 0.25) is 0 Å². The van der Waals surface area contributed by atoms with Gasteiger partial charge in [-0.3, -0.25) is 14.9 Å². The number of nitriles is 1. The molecule has 8 heteroatoms. The molecule has 3 aromatic rings. The minimum absolute atomic E-state index is 0.0599. The van der Waals surface area contributed by atoms with Crippen LogP contribution in [0.15, 0.2) is 54.6 Å². The van der Waals surface area contributed by atoms with Crippen LogP contribution < -0.4 is 10.2 Å². The van der Waals surface area contributed by atoms with Crippen LogP contribution in [0.5, 0.6) is 0 Å². The molecule has 1 aliphatic heterocycles. The van der Waals surface area contributed by atoms with Crippen LogP contribution in [0.3, 0.4) is 0 Å². The number of amides is 1. The fourth-order valence-electron chi connectivity index (χ4n) is 3.35. The van der Waals surface area contributed by atoms with E-state index in [1.807, 2.05) is 36.4 Å². The molecule has 1 unspecified atom stereocenters. The lowest BCUT2D eigenvalue weighted by Gasteiger charge is -2.17. The Hall–Kier alpha value is -3.99. The van der Waals surface area contributed by atoms with Crippen molar-refractivity contribution in [3.63, 3.8) is 0 Å². The fraction of sp³-hybridized carbons (Fsp3) is 0.150. The number of anilines is 2. The molecule has 0 spiro atoms.